The van der Waals surface area contributed by atoms with E-state index >= 15 is 0 Å². The molecule has 21 heavy (non-hydrogen) atoms. The third-order valence-electron chi connectivity index (χ3n) is 4.33. The smallest absolute Gasteiger partial charge is 0.240 e. The Hall–Kier alpha value is -1.11. The van der Waals surface area contributed by atoms with Gasteiger partial charge < -0.3 is 10.2 Å². The SMILES string of the molecule is CNC(C)C1CCCCN1c1ccc(S(=O)(=O)NC)cc1. The fraction of sp³-hybridized carbons (Fsp3) is 0.600. The van der Waals surface area contributed by atoms with Crippen molar-refractivity contribution in [2.24, 2.45) is 0 Å². The Bertz CT molecular complexity index is 557. The van der Waals surface area contributed by atoms with E-state index in [0.29, 0.717) is 17.0 Å². The molecule has 0 aliphatic carbocycles. The normalized spacial score (nSPS) is 21.3. The van der Waals surface area contributed by atoms with Gasteiger partial charge in [0.05, 0.1) is 4.90 Å². The van der Waals surface area contributed by atoms with Gasteiger partial charge in [-0.05, 0) is 64.5 Å². The molecule has 5 nitrogen and oxygen atoms in total. The minimum atomic E-state index is -3.36. The van der Waals surface area contributed by atoms with E-state index < -0.39 is 10.0 Å². The molecule has 1 aromatic carbocycles. The number of nitrogens with zero attached hydrogens (tertiary/aromatic N) is 1. The Morgan fingerprint density at radius 3 is 2.43 bits per heavy atom. The van der Waals surface area contributed by atoms with Crippen molar-refractivity contribution in [1.29, 1.82) is 0 Å². The minimum absolute atomic E-state index is 0.309. The van der Waals surface area contributed by atoms with E-state index in [-0.39, 0.29) is 0 Å². The fourth-order valence-corrected chi connectivity index (χ4v) is 3.65. The lowest BCUT2D eigenvalue weighted by Gasteiger charge is -2.41. The van der Waals surface area contributed by atoms with Crippen LogP contribution in [0.15, 0.2) is 29.2 Å². The highest BCUT2D eigenvalue weighted by molar-refractivity contribution is 7.89. The summed E-state index contributed by atoms with van der Waals surface area (Å²) >= 11 is 0. The molecule has 1 heterocycles. The molecule has 1 aromatic rings. The summed E-state index contributed by atoms with van der Waals surface area (Å²) < 4.78 is 25.9. The van der Waals surface area contributed by atoms with Gasteiger partial charge in [0, 0.05) is 24.3 Å². The van der Waals surface area contributed by atoms with Crippen LogP contribution in [-0.4, -0.2) is 41.1 Å². The van der Waals surface area contributed by atoms with Crippen LogP contribution in [0.5, 0.6) is 0 Å². The van der Waals surface area contributed by atoms with Gasteiger partial charge in [0.25, 0.3) is 0 Å². The van der Waals surface area contributed by atoms with Crippen LogP contribution in [0.4, 0.5) is 5.69 Å². The van der Waals surface area contributed by atoms with Gasteiger partial charge in [-0.2, -0.15) is 0 Å². The average Bonchev–Trinajstić information content (AvgIpc) is 2.54. The average molecular weight is 311 g/mol. The number of hydrogen-bond acceptors (Lipinski definition) is 4. The first-order chi connectivity index (χ1) is 9.99. The second kappa shape index (κ2) is 6.77. The van der Waals surface area contributed by atoms with E-state index in [2.05, 4.69) is 21.9 Å². The number of piperidine rings is 1. The van der Waals surface area contributed by atoms with Crippen LogP contribution in [0.2, 0.25) is 0 Å². The fourth-order valence-electron chi connectivity index (χ4n) is 2.92. The monoisotopic (exact) mass is 311 g/mol. The molecular weight excluding hydrogens is 286 g/mol. The van der Waals surface area contributed by atoms with Crippen molar-refractivity contribution < 1.29 is 8.42 Å². The van der Waals surface area contributed by atoms with E-state index in [1.165, 1.54) is 26.3 Å². The lowest BCUT2D eigenvalue weighted by atomic mass is 9.96. The molecule has 2 rings (SSSR count). The number of hydrogen-bond donors (Lipinski definition) is 2. The lowest BCUT2D eigenvalue weighted by molar-refractivity contribution is 0.382. The summed E-state index contributed by atoms with van der Waals surface area (Å²) in [5, 5.41) is 3.33. The highest BCUT2D eigenvalue weighted by Gasteiger charge is 2.26. The van der Waals surface area contributed by atoms with Crippen molar-refractivity contribution in [3.8, 4) is 0 Å². The second-order valence-corrected chi connectivity index (χ2v) is 7.42. The number of likely N-dealkylation sites (N-methyl/N-ethyl adjacent to an activating group) is 1. The van der Waals surface area contributed by atoms with E-state index in [4.69, 9.17) is 0 Å². The highest BCUT2D eigenvalue weighted by atomic mass is 32.2. The maximum absolute atomic E-state index is 11.8. The molecule has 6 heteroatoms. The van der Waals surface area contributed by atoms with Gasteiger partial charge >= 0.3 is 0 Å². The van der Waals surface area contributed by atoms with E-state index in [1.54, 1.807) is 12.1 Å². The van der Waals surface area contributed by atoms with Crippen LogP contribution < -0.4 is 14.9 Å². The third kappa shape index (κ3) is 3.56. The molecule has 1 aliphatic heterocycles. The van der Waals surface area contributed by atoms with Gasteiger partial charge in [-0.25, -0.2) is 13.1 Å². The van der Waals surface area contributed by atoms with Gasteiger partial charge in [0.2, 0.25) is 10.0 Å². The van der Waals surface area contributed by atoms with Gasteiger partial charge in [-0.3, -0.25) is 0 Å². The zero-order chi connectivity index (χ0) is 15.5. The van der Waals surface area contributed by atoms with Crippen LogP contribution in [0.1, 0.15) is 26.2 Å². The number of nitrogens with one attached hydrogen (secondary N) is 2. The predicted molar refractivity (Wildman–Crippen MR) is 86.2 cm³/mol. The summed E-state index contributed by atoms with van der Waals surface area (Å²) in [5.74, 6) is 0. The molecule has 1 saturated heterocycles. The number of benzene rings is 1. The molecule has 0 saturated carbocycles. The van der Waals surface area contributed by atoms with Crippen LogP contribution >= 0.6 is 0 Å². The molecule has 2 N–H and O–H groups in total. The first-order valence-corrected chi connectivity index (χ1v) is 8.95. The summed E-state index contributed by atoms with van der Waals surface area (Å²) in [7, 11) is 0.0542. The zero-order valence-electron chi connectivity index (χ0n) is 13.0. The first kappa shape index (κ1) is 16.3. The highest BCUT2D eigenvalue weighted by Crippen LogP contribution is 2.27. The molecule has 0 aromatic heterocycles. The van der Waals surface area contributed by atoms with E-state index in [0.717, 1.165) is 12.2 Å². The Labute approximate surface area is 127 Å². The molecule has 0 bridgehead atoms. The number of rotatable bonds is 5. The molecule has 1 fully saturated rings. The number of anilines is 1. The van der Waals surface area contributed by atoms with Crippen molar-refractivity contribution in [1.82, 2.24) is 10.0 Å². The molecule has 1 aliphatic rings. The summed E-state index contributed by atoms with van der Waals surface area (Å²) in [6.07, 6.45) is 3.60. The molecular formula is C15H25N3O2S. The van der Waals surface area contributed by atoms with Crippen molar-refractivity contribution in [3.05, 3.63) is 24.3 Å². The van der Waals surface area contributed by atoms with Gasteiger partial charge in [0.15, 0.2) is 0 Å². The molecule has 118 valence electrons. The maximum Gasteiger partial charge on any atom is 0.240 e. The molecule has 0 radical (unpaired) electrons. The van der Waals surface area contributed by atoms with Crippen LogP contribution in [-0.2, 0) is 10.0 Å². The molecule has 0 amide bonds. The minimum Gasteiger partial charge on any atom is -0.367 e. The standard InChI is InChI=1S/C15H25N3O2S/c1-12(16-2)15-6-4-5-11-18(15)13-7-9-14(10-8-13)21(19,20)17-3/h7-10,12,15-17H,4-6,11H2,1-3H3. The topological polar surface area (TPSA) is 61.4 Å². The van der Waals surface area contributed by atoms with E-state index in [1.807, 2.05) is 19.2 Å². The van der Waals surface area contributed by atoms with Crippen molar-refractivity contribution in [2.75, 3.05) is 25.5 Å². The number of sulfonamides is 1. The third-order valence-corrected chi connectivity index (χ3v) is 5.76. The van der Waals surface area contributed by atoms with Crippen molar-refractivity contribution in [3.63, 3.8) is 0 Å². The summed E-state index contributed by atoms with van der Waals surface area (Å²) in [6, 6.07) is 8.03. The quantitative estimate of drug-likeness (QED) is 0.866. The Morgan fingerprint density at radius 1 is 1.19 bits per heavy atom. The van der Waals surface area contributed by atoms with Gasteiger partial charge in [-0.1, -0.05) is 0 Å². The summed E-state index contributed by atoms with van der Waals surface area (Å²) in [6.45, 7) is 3.22. The van der Waals surface area contributed by atoms with E-state index in [9.17, 15) is 8.42 Å². The van der Waals surface area contributed by atoms with Crippen LogP contribution in [0.3, 0.4) is 0 Å². The summed E-state index contributed by atoms with van der Waals surface area (Å²) in [4.78, 5) is 2.70. The summed E-state index contributed by atoms with van der Waals surface area (Å²) in [5.41, 5.74) is 1.09. The predicted octanol–water partition coefficient (Wildman–Crippen LogP) is 1.56. The van der Waals surface area contributed by atoms with Crippen molar-refractivity contribution >= 4 is 15.7 Å². The first-order valence-electron chi connectivity index (χ1n) is 7.47. The molecule has 2 atom stereocenters. The lowest BCUT2D eigenvalue weighted by Crippen LogP contribution is -2.50. The van der Waals surface area contributed by atoms with Crippen LogP contribution in [0, 0.1) is 0 Å². The molecule has 2 unspecified atom stereocenters. The van der Waals surface area contributed by atoms with Gasteiger partial charge in [-0.15, -0.1) is 0 Å². The van der Waals surface area contributed by atoms with Gasteiger partial charge in [0.1, 0.15) is 0 Å². The van der Waals surface area contributed by atoms with Crippen LogP contribution in [0.25, 0.3) is 0 Å². The van der Waals surface area contributed by atoms with Crippen molar-refractivity contribution in [2.45, 2.75) is 43.2 Å². The second-order valence-electron chi connectivity index (χ2n) is 5.54. The largest absolute Gasteiger partial charge is 0.367 e. The Balaban J connectivity index is 2.24. The Morgan fingerprint density at radius 2 is 1.86 bits per heavy atom. The Kier molecular flexibility index (Phi) is 5.24. The zero-order valence-corrected chi connectivity index (χ0v) is 13.8. The molecule has 0 spiro atoms. The maximum atomic E-state index is 11.8.